The SMILES string of the molecule is CNC(COCc1ccccc1)/C(C)=N/N=C(C)/C=C\C=C(/C)COC(=O)N1CCCC1. The van der Waals surface area contributed by atoms with Crippen LogP contribution in [0, 0.1) is 0 Å². The molecule has 7 nitrogen and oxygen atoms in total. The lowest BCUT2D eigenvalue weighted by Crippen LogP contribution is -2.36. The Kier molecular flexibility index (Phi) is 11.4. The monoisotopic (exact) mass is 440 g/mol. The Morgan fingerprint density at radius 2 is 1.88 bits per heavy atom. The Balaban J connectivity index is 1.76. The van der Waals surface area contributed by atoms with E-state index in [1.807, 2.05) is 76.4 Å². The Labute approximate surface area is 191 Å². The first kappa shape index (κ1) is 25.5. The van der Waals surface area contributed by atoms with Gasteiger partial charge in [0.2, 0.25) is 0 Å². The summed E-state index contributed by atoms with van der Waals surface area (Å²) in [6.45, 7) is 8.73. The van der Waals surface area contributed by atoms with Gasteiger partial charge in [0.25, 0.3) is 0 Å². The van der Waals surface area contributed by atoms with Gasteiger partial charge >= 0.3 is 6.09 Å². The summed E-state index contributed by atoms with van der Waals surface area (Å²) < 4.78 is 11.1. The summed E-state index contributed by atoms with van der Waals surface area (Å²) >= 11 is 0. The second-order valence-corrected chi connectivity index (χ2v) is 7.95. The molecule has 1 unspecified atom stereocenters. The highest BCUT2D eigenvalue weighted by Crippen LogP contribution is 2.09. The summed E-state index contributed by atoms with van der Waals surface area (Å²) in [6, 6.07) is 10.1. The molecular formula is C25H36N4O3. The summed E-state index contributed by atoms with van der Waals surface area (Å²) in [5.74, 6) is 0. The number of allylic oxidation sites excluding steroid dienone is 3. The number of carbonyl (C=O) groups excluding carboxylic acids is 1. The average molecular weight is 441 g/mol. The Morgan fingerprint density at radius 1 is 1.16 bits per heavy atom. The maximum absolute atomic E-state index is 11.9. The van der Waals surface area contributed by atoms with Gasteiger partial charge in [0.1, 0.15) is 6.61 Å². The van der Waals surface area contributed by atoms with Crippen LogP contribution in [0.5, 0.6) is 0 Å². The molecule has 0 radical (unpaired) electrons. The molecule has 1 amide bonds. The van der Waals surface area contributed by atoms with E-state index >= 15 is 0 Å². The van der Waals surface area contributed by atoms with Crippen LogP contribution in [-0.4, -0.2) is 61.8 Å². The van der Waals surface area contributed by atoms with E-state index in [1.165, 1.54) is 0 Å². The quantitative estimate of drug-likeness (QED) is 0.315. The number of hydrogen-bond acceptors (Lipinski definition) is 6. The highest BCUT2D eigenvalue weighted by atomic mass is 16.6. The molecule has 2 rings (SSSR count). The zero-order valence-corrected chi connectivity index (χ0v) is 19.7. The molecule has 1 fully saturated rings. The molecule has 0 spiro atoms. The third kappa shape index (κ3) is 9.58. The van der Waals surface area contributed by atoms with Crippen LogP contribution in [0.3, 0.4) is 0 Å². The molecule has 174 valence electrons. The van der Waals surface area contributed by atoms with Gasteiger partial charge in [-0.25, -0.2) is 4.79 Å². The standard InChI is InChI=1S/C25H36N4O3/c1-20(17-32-25(30)29-15-8-9-16-29)11-10-12-21(2)27-28-22(3)24(26-4)19-31-18-23-13-6-5-7-14-23/h5-7,10-14,24,26H,8-9,15-19H2,1-4H3/b12-10-,20-11+,27-21+,28-22+. The largest absolute Gasteiger partial charge is 0.445 e. The number of nitrogens with one attached hydrogen (secondary N) is 1. The van der Waals surface area contributed by atoms with Crippen molar-refractivity contribution in [2.24, 2.45) is 10.2 Å². The molecule has 0 saturated carbocycles. The number of hydrogen-bond donors (Lipinski definition) is 1. The van der Waals surface area contributed by atoms with Crippen molar-refractivity contribution in [3.05, 3.63) is 59.7 Å². The van der Waals surface area contributed by atoms with Gasteiger partial charge in [-0.3, -0.25) is 0 Å². The van der Waals surface area contributed by atoms with Crippen LogP contribution in [0.15, 0.2) is 64.3 Å². The Hall–Kier alpha value is -2.77. The molecule has 1 aliphatic heterocycles. The van der Waals surface area contributed by atoms with Crippen LogP contribution in [0.2, 0.25) is 0 Å². The third-order valence-corrected chi connectivity index (χ3v) is 5.12. The van der Waals surface area contributed by atoms with E-state index in [9.17, 15) is 4.79 Å². The molecule has 1 saturated heterocycles. The van der Waals surface area contributed by atoms with Crippen LogP contribution in [-0.2, 0) is 16.1 Å². The number of amides is 1. The van der Waals surface area contributed by atoms with Crippen LogP contribution in [0.1, 0.15) is 39.2 Å². The second-order valence-electron chi connectivity index (χ2n) is 7.95. The summed E-state index contributed by atoms with van der Waals surface area (Å²) in [6.07, 6.45) is 7.57. The van der Waals surface area contributed by atoms with Gasteiger partial charge in [0.15, 0.2) is 0 Å². The van der Waals surface area contributed by atoms with Crippen molar-refractivity contribution < 1.29 is 14.3 Å². The van der Waals surface area contributed by atoms with Crippen LogP contribution in [0.4, 0.5) is 4.79 Å². The molecular weight excluding hydrogens is 404 g/mol. The molecule has 0 aromatic heterocycles. The van der Waals surface area contributed by atoms with Crippen molar-refractivity contribution in [2.75, 3.05) is 33.4 Å². The van der Waals surface area contributed by atoms with Gasteiger partial charge in [-0.15, -0.1) is 0 Å². The molecule has 1 N–H and O–H groups in total. The fourth-order valence-electron chi connectivity index (χ4n) is 3.11. The van der Waals surface area contributed by atoms with E-state index in [0.717, 1.165) is 48.5 Å². The number of likely N-dealkylation sites (tertiary alicyclic amines) is 1. The molecule has 1 atom stereocenters. The van der Waals surface area contributed by atoms with E-state index < -0.39 is 0 Å². The lowest BCUT2D eigenvalue weighted by molar-refractivity contribution is 0.114. The Bertz CT molecular complexity index is 825. The van der Waals surface area contributed by atoms with Crippen molar-refractivity contribution in [2.45, 2.75) is 46.3 Å². The Morgan fingerprint density at radius 3 is 2.56 bits per heavy atom. The van der Waals surface area contributed by atoms with Gasteiger partial charge in [-0.1, -0.05) is 42.5 Å². The van der Waals surface area contributed by atoms with Crippen molar-refractivity contribution in [3.63, 3.8) is 0 Å². The molecule has 32 heavy (non-hydrogen) atoms. The lowest BCUT2D eigenvalue weighted by atomic mass is 10.2. The van der Waals surface area contributed by atoms with E-state index in [-0.39, 0.29) is 12.1 Å². The fraction of sp³-hybridized carbons (Fsp3) is 0.480. The predicted octanol–water partition coefficient (Wildman–Crippen LogP) is 4.36. The smallest absolute Gasteiger partial charge is 0.410 e. The highest BCUT2D eigenvalue weighted by molar-refractivity contribution is 5.94. The topological polar surface area (TPSA) is 75.5 Å². The zero-order chi connectivity index (χ0) is 23.2. The first-order valence-electron chi connectivity index (χ1n) is 11.1. The van der Waals surface area contributed by atoms with E-state index in [4.69, 9.17) is 9.47 Å². The van der Waals surface area contributed by atoms with Gasteiger partial charge < -0.3 is 19.7 Å². The third-order valence-electron chi connectivity index (χ3n) is 5.12. The highest BCUT2D eigenvalue weighted by Gasteiger charge is 2.18. The van der Waals surface area contributed by atoms with Crippen molar-refractivity contribution >= 4 is 17.5 Å². The van der Waals surface area contributed by atoms with Crippen LogP contribution in [0.25, 0.3) is 0 Å². The summed E-state index contributed by atoms with van der Waals surface area (Å²) in [5.41, 5.74) is 3.74. The summed E-state index contributed by atoms with van der Waals surface area (Å²) in [7, 11) is 1.89. The number of carbonyl (C=O) groups is 1. The first-order chi connectivity index (χ1) is 15.5. The molecule has 7 heteroatoms. The van der Waals surface area contributed by atoms with Gasteiger partial charge in [-0.2, -0.15) is 10.2 Å². The van der Waals surface area contributed by atoms with Gasteiger partial charge in [0.05, 0.1) is 30.7 Å². The number of nitrogens with zero attached hydrogens (tertiary/aromatic N) is 3. The molecule has 1 aliphatic rings. The lowest BCUT2D eigenvalue weighted by Gasteiger charge is -2.15. The zero-order valence-electron chi connectivity index (χ0n) is 19.7. The second kappa shape index (κ2) is 14.3. The van der Waals surface area contributed by atoms with E-state index in [0.29, 0.717) is 19.8 Å². The maximum Gasteiger partial charge on any atom is 0.410 e. The minimum absolute atomic E-state index is 0.00771. The fourth-order valence-corrected chi connectivity index (χ4v) is 3.11. The normalized spacial score (nSPS) is 16.6. The van der Waals surface area contributed by atoms with Crippen LogP contribution >= 0.6 is 0 Å². The van der Waals surface area contributed by atoms with Gasteiger partial charge in [-0.05, 0) is 57.9 Å². The molecule has 1 aromatic rings. The molecule has 1 heterocycles. The minimum atomic E-state index is -0.228. The number of benzene rings is 1. The maximum atomic E-state index is 11.9. The summed E-state index contributed by atoms with van der Waals surface area (Å²) in [5, 5.41) is 11.8. The van der Waals surface area contributed by atoms with Gasteiger partial charge in [0, 0.05) is 13.1 Å². The van der Waals surface area contributed by atoms with Crippen molar-refractivity contribution in [3.8, 4) is 0 Å². The number of rotatable bonds is 11. The molecule has 1 aromatic carbocycles. The predicted molar refractivity (Wildman–Crippen MR) is 130 cm³/mol. The first-order valence-corrected chi connectivity index (χ1v) is 11.1. The summed E-state index contributed by atoms with van der Waals surface area (Å²) in [4.78, 5) is 13.7. The van der Waals surface area contributed by atoms with E-state index in [1.54, 1.807) is 4.90 Å². The van der Waals surface area contributed by atoms with Crippen molar-refractivity contribution in [1.29, 1.82) is 0 Å². The number of ether oxygens (including phenoxy) is 2. The molecule has 0 aliphatic carbocycles. The minimum Gasteiger partial charge on any atom is -0.445 e. The molecule has 0 bridgehead atoms. The van der Waals surface area contributed by atoms with E-state index in [2.05, 4.69) is 15.5 Å². The van der Waals surface area contributed by atoms with Crippen LogP contribution < -0.4 is 5.32 Å². The average Bonchev–Trinajstić information content (AvgIpc) is 3.34. The van der Waals surface area contributed by atoms with Crippen molar-refractivity contribution in [1.82, 2.24) is 10.2 Å². The number of likely N-dealkylation sites (N-methyl/N-ethyl adjacent to an activating group) is 1.